The fourth-order valence-corrected chi connectivity index (χ4v) is 2.61. The topological polar surface area (TPSA) is 90.9 Å². The van der Waals surface area contributed by atoms with Crippen molar-refractivity contribution in [2.45, 2.75) is 0 Å². The number of hydrogen-bond donors (Lipinski definition) is 1. The second kappa shape index (κ2) is 9.88. The number of carbonyl (C=O) groups is 3. The molecule has 0 fully saturated rings. The molecule has 0 aromatic heterocycles. The molecule has 0 unspecified atom stereocenters. The van der Waals surface area contributed by atoms with Crippen molar-refractivity contribution in [2.24, 2.45) is 0 Å². The maximum absolute atomic E-state index is 12.4. The number of methoxy groups -OCH3 is 1. The number of carbonyl (C=O) groups excluding carboxylic acids is 3. The van der Waals surface area contributed by atoms with E-state index in [1.54, 1.807) is 60.7 Å². The first-order chi connectivity index (χ1) is 14.6. The molecule has 0 radical (unpaired) electrons. The Labute approximate surface area is 173 Å². The Hall–Kier alpha value is -4.13. The molecule has 0 heterocycles. The van der Waals surface area contributed by atoms with Gasteiger partial charge in [-0.25, -0.2) is 4.79 Å². The molecule has 0 spiro atoms. The summed E-state index contributed by atoms with van der Waals surface area (Å²) in [6, 6.07) is 21.9. The monoisotopic (exact) mass is 405 g/mol. The number of esters is 1. The molecular formula is C23H19NO6. The molecule has 0 aliphatic carbocycles. The minimum atomic E-state index is -0.763. The number of rotatable bonds is 7. The predicted octanol–water partition coefficient (Wildman–Crippen LogP) is 3.60. The second-order valence-electron chi connectivity index (χ2n) is 6.06. The molecule has 0 aliphatic heterocycles. The van der Waals surface area contributed by atoms with E-state index in [1.165, 1.54) is 19.2 Å². The van der Waals surface area contributed by atoms with E-state index in [4.69, 9.17) is 14.2 Å². The Morgan fingerprint density at radius 3 is 2.07 bits per heavy atom. The number of ether oxygens (including phenoxy) is 3. The summed E-state index contributed by atoms with van der Waals surface area (Å²) in [5.74, 6) is -0.993. The van der Waals surface area contributed by atoms with E-state index in [9.17, 15) is 14.4 Å². The smallest absolute Gasteiger partial charge is 0.342 e. The summed E-state index contributed by atoms with van der Waals surface area (Å²) < 4.78 is 15.9. The third-order valence-electron chi connectivity index (χ3n) is 4.02. The van der Waals surface area contributed by atoms with Crippen LogP contribution in [0.4, 0.5) is 0 Å². The molecule has 0 atom stereocenters. The van der Waals surface area contributed by atoms with Gasteiger partial charge >= 0.3 is 5.97 Å². The first kappa shape index (κ1) is 20.6. The Balaban J connectivity index is 1.60. The lowest BCUT2D eigenvalue weighted by Crippen LogP contribution is -2.34. The van der Waals surface area contributed by atoms with Crippen LogP contribution in [0.15, 0.2) is 78.9 Å². The van der Waals surface area contributed by atoms with Crippen molar-refractivity contribution in [3.63, 3.8) is 0 Å². The van der Waals surface area contributed by atoms with Crippen LogP contribution in [0.2, 0.25) is 0 Å². The van der Waals surface area contributed by atoms with Gasteiger partial charge in [0.15, 0.2) is 6.61 Å². The summed E-state index contributed by atoms with van der Waals surface area (Å²) in [5, 5.41) is 2.17. The van der Waals surface area contributed by atoms with E-state index in [1.807, 2.05) is 6.07 Å². The van der Waals surface area contributed by atoms with Crippen LogP contribution in [0.5, 0.6) is 17.2 Å². The van der Waals surface area contributed by atoms with E-state index >= 15 is 0 Å². The van der Waals surface area contributed by atoms with Gasteiger partial charge in [-0.1, -0.05) is 42.5 Å². The largest absolute Gasteiger partial charge is 0.496 e. The van der Waals surface area contributed by atoms with Gasteiger partial charge in [0.1, 0.15) is 22.8 Å². The highest BCUT2D eigenvalue weighted by atomic mass is 16.5. The van der Waals surface area contributed by atoms with Gasteiger partial charge in [0.2, 0.25) is 0 Å². The number of amides is 2. The standard InChI is InChI=1S/C23H19NO6/c1-28-19-13-7-5-11-17(19)22(26)24-21(25)15-29-23(27)18-12-6-8-14-20(18)30-16-9-3-2-4-10-16/h2-14H,15H2,1H3,(H,24,25,26). The molecule has 3 aromatic rings. The quantitative estimate of drug-likeness (QED) is 0.604. The number of nitrogens with one attached hydrogen (secondary N) is 1. The molecule has 0 bridgehead atoms. The molecule has 3 aromatic carbocycles. The van der Waals surface area contributed by atoms with Crippen molar-refractivity contribution in [3.8, 4) is 17.2 Å². The first-order valence-corrected chi connectivity index (χ1v) is 9.04. The summed E-state index contributed by atoms with van der Waals surface area (Å²) in [4.78, 5) is 36.7. The second-order valence-corrected chi connectivity index (χ2v) is 6.06. The summed E-state index contributed by atoms with van der Waals surface area (Å²) >= 11 is 0. The van der Waals surface area contributed by atoms with E-state index in [-0.39, 0.29) is 11.1 Å². The molecule has 7 heteroatoms. The van der Waals surface area contributed by atoms with Gasteiger partial charge in [-0.05, 0) is 36.4 Å². The van der Waals surface area contributed by atoms with E-state index < -0.39 is 24.4 Å². The molecule has 1 N–H and O–H groups in total. The van der Waals surface area contributed by atoms with Gasteiger partial charge in [-0.3, -0.25) is 14.9 Å². The Bertz CT molecular complexity index is 1050. The maximum Gasteiger partial charge on any atom is 0.342 e. The lowest BCUT2D eigenvalue weighted by molar-refractivity contribution is -0.123. The van der Waals surface area contributed by atoms with Crippen LogP contribution >= 0.6 is 0 Å². The van der Waals surface area contributed by atoms with Crippen LogP contribution in [-0.4, -0.2) is 31.5 Å². The summed E-state index contributed by atoms with van der Waals surface area (Å²) in [6.07, 6.45) is 0. The average molecular weight is 405 g/mol. The minimum Gasteiger partial charge on any atom is -0.496 e. The molecule has 0 saturated heterocycles. The molecular weight excluding hydrogens is 386 g/mol. The average Bonchev–Trinajstić information content (AvgIpc) is 2.78. The van der Waals surface area contributed by atoms with E-state index in [2.05, 4.69) is 5.32 Å². The number of benzene rings is 3. The highest BCUT2D eigenvalue weighted by Gasteiger charge is 2.18. The third-order valence-corrected chi connectivity index (χ3v) is 4.02. The minimum absolute atomic E-state index is 0.158. The zero-order valence-corrected chi connectivity index (χ0v) is 16.2. The van der Waals surface area contributed by atoms with Crippen LogP contribution in [-0.2, 0) is 9.53 Å². The zero-order chi connectivity index (χ0) is 21.3. The molecule has 152 valence electrons. The highest BCUT2D eigenvalue weighted by Crippen LogP contribution is 2.25. The van der Waals surface area contributed by atoms with Crippen LogP contribution in [0.25, 0.3) is 0 Å². The van der Waals surface area contributed by atoms with E-state index in [0.29, 0.717) is 17.2 Å². The molecule has 3 rings (SSSR count). The molecule has 30 heavy (non-hydrogen) atoms. The fourth-order valence-electron chi connectivity index (χ4n) is 2.61. The molecule has 0 aliphatic rings. The fraction of sp³-hybridized carbons (Fsp3) is 0.0870. The lowest BCUT2D eigenvalue weighted by Gasteiger charge is -2.11. The van der Waals surface area contributed by atoms with Gasteiger partial charge in [-0.15, -0.1) is 0 Å². The van der Waals surface area contributed by atoms with Crippen LogP contribution < -0.4 is 14.8 Å². The Morgan fingerprint density at radius 1 is 0.767 bits per heavy atom. The SMILES string of the molecule is COc1ccccc1C(=O)NC(=O)COC(=O)c1ccccc1Oc1ccccc1. The summed E-state index contributed by atoms with van der Waals surface area (Å²) in [7, 11) is 1.42. The van der Waals surface area contributed by atoms with E-state index in [0.717, 1.165) is 0 Å². The Kier molecular flexibility index (Phi) is 6.78. The lowest BCUT2D eigenvalue weighted by atomic mass is 10.2. The third kappa shape index (κ3) is 5.23. The van der Waals surface area contributed by atoms with Gasteiger partial charge in [0.25, 0.3) is 11.8 Å². The van der Waals surface area contributed by atoms with Gasteiger partial charge in [-0.2, -0.15) is 0 Å². The molecule has 0 saturated carbocycles. The predicted molar refractivity (Wildman–Crippen MR) is 109 cm³/mol. The van der Waals surface area contributed by atoms with Crippen molar-refractivity contribution in [1.82, 2.24) is 5.32 Å². The van der Waals surface area contributed by atoms with Gasteiger partial charge in [0, 0.05) is 0 Å². The van der Waals surface area contributed by atoms with Crippen molar-refractivity contribution in [1.29, 1.82) is 0 Å². The number of imide groups is 1. The Morgan fingerprint density at radius 2 is 1.37 bits per heavy atom. The van der Waals surface area contributed by atoms with Crippen molar-refractivity contribution < 1.29 is 28.6 Å². The van der Waals surface area contributed by atoms with Gasteiger partial charge < -0.3 is 14.2 Å². The van der Waals surface area contributed by atoms with Crippen molar-refractivity contribution in [2.75, 3.05) is 13.7 Å². The summed E-state index contributed by atoms with van der Waals surface area (Å²) in [5.41, 5.74) is 0.353. The normalized spacial score (nSPS) is 10.0. The van der Waals surface area contributed by atoms with Crippen LogP contribution in [0, 0.1) is 0 Å². The van der Waals surface area contributed by atoms with Gasteiger partial charge in [0.05, 0.1) is 12.7 Å². The molecule has 7 nitrogen and oxygen atoms in total. The molecule has 2 amide bonds. The summed E-state index contributed by atoms with van der Waals surface area (Å²) in [6.45, 7) is -0.626. The van der Waals surface area contributed by atoms with Crippen molar-refractivity contribution in [3.05, 3.63) is 90.0 Å². The highest BCUT2D eigenvalue weighted by molar-refractivity contribution is 6.07. The first-order valence-electron chi connectivity index (χ1n) is 9.04. The van der Waals surface area contributed by atoms with Crippen LogP contribution in [0.3, 0.4) is 0 Å². The number of hydrogen-bond acceptors (Lipinski definition) is 6. The zero-order valence-electron chi connectivity index (χ0n) is 16.2. The van der Waals surface area contributed by atoms with Crippen LogP contribution in [0.1, 0.15) is 20.7 Å². The number of para-hydroxylation sites is 3. The maximum atomic E-state index is 12.4. The van der Waals surface area contributed by atoms with Crippen molar-refractivity contribution >= 4 is 17.8 Å².